The van der Waals surface area contributed by atoms with Crippen LogP contribution in [-0.2, 0) is 0 Å². The smallest absolute Gasteiger partial charge is 0.102 e. The molecular weight excluding hydrogens is 219 g/mol. The van der Waals surface area contributed by atoms with Gasteiger partial charge in [0.15, 0.2) is 0 Å². The first-order chi connectivity index (χ1) is 5.84. The van der Waals surface area contributed by atoms with E-state index < -0.39 is 15.8 Å². The van der Waals surface area contributed by atoms with Gasteiger partial charge >= 0.3 is 0 Å². The van der Waals surface area contributed by atoms with Crippen LogP contribution in [0, 0.1) is 5.41 Å². The molecule has 0 aliphatic carbocycles. The summed E-state index contributed by atoms with van der Waals surface area (Å²) in [5, 5.41) is 0. The summed E-state index contributed by atoms with van der Waals surface area (Å²) in [6.07, 6.45) is 0. The molecule has 0 fully saturated rings. The maximum absolute atomic E-state index is 2.49. The highest BCUT2D eigenvalue weighted by atomic mass is 31.3. The minimum Gasteiger partial charge on any atom is -0.132 e. The average Bonchev–Trinajstić information content (AvgIpc) is 1.75. The van der Waals surface area contributed by atoms with Crippen LogP contribution >= 0.6 is 7.75 Å². The molecule has 0 aromatic rings. The van der Waals surface area contributed by atoms with Crippen molar-refractivity contribution in [3.8, 4) is 0 Å². The molecule has 3 heteroatoms. The zero-order chi connectivity index (χ0) is 11.8. The normalized spacial score (nSPS) is 15.9. The van der Waals surface area contributed by atoms with E-state index >= 15 is 0 Å². The van der Waals surface area contributed by atoms with Crippen LogP contribution in [-0.4, -0.2) is 20.7 Å². The van der Waals surface area contributed by atoms with Gasteiger partial charge in [-0.2, -0.15) is 0 Å². The van der Waals surface area contributed by atoms with Gasteiger partial charge in [0.2, 0.25) is 0 Å². The second-order valence-corrected chi connectivity index (χ2v) is 22.3. The lowest BCUT2D eigenvalue weighted by Crippen LogP contribution is -2.42. The van der Waals surface area contributed by atoms with E-state index in [1.807, 2.05) is 4.92 Å². The van der Waals surface area contributed by atoms with E-state index in [0.717, 1.165) is 0 Å². The molecule has 0 saturated carbocycles. The molecule has 0 rings (SSSR count). The van der Waals surface area contributed by atoms with Crippen molar-refractivity contribution in [1.29, 1.82) is 0 Å². The van der Waals surface area contributed by atoms with Crippen LogP contribution < -0.4 is 0 Å². The van der Waals surface area contributed by atoms with Gasteiger partial charge in [0.05, 0.1) is 8.07 Å². The van der Waals surface area contributed by atoms with Crippen molar-refractivity contribution >= 4 is 28.5 Å². The molecule has 0 spiro atoms. The van der Waals surface area contributed by atoms with Crippen LogP contribution in [0.1, 0.15) is 20.8 Å². The predicted octanol–water partition coefficient (Wildman–Crippen LogP) is 4.86. The highest BCUT2D eigenvalue weighted by Crippen LogP contribution is 2.33. The molecule has 84 valence electrons. The highest BCUT2D eigenvalue weighted by molar-refractivity contribution is 7.84. The van der Waals surface area contributed by atoms with E-state index in [2.05, 4.69) is 60.1 Å². The summed E-state index contributed by atoms with van der Waals surface area (Å²) in [6.45, 7) is 22.0. The van der Waals surface area contributed by atoms with E-state index in [9.17, 15) is 0 Å². The Morgan fingerprint density at radius 2 is 1.21 bits per heavy atom. The zero-order valence-electron chi connectivity index (χ0n) is 11.4. The third-order valence-electron chi connectivity index (χ3n) is 1.87. The average molecular weight is 246 g/mol. The molecule has 0 amide bonds. The van der Waals surface area contributed by atoms with Crippen molar-refractivity contribution in [1.82, 2.24) is 0 Å². The summed E-state index contributed by atoms with van der Waals surface area (Å²) in [6, 6.07) is 0. The molecule has 0 nitrogen and oxygen atoms in total. The largest absolute Gasteiger partial charge is 0.132 e. The first-order valence-corrected chi connectivity index (χ1v) is 14.2. The van der Waals surface area contributed by atoms with Crippen molar-refractivity contribution in [2.24, 2.45) is 5.41 Å². The molecule has 0 aromatic carbocycles. The first-order valence-electron chi connectivity index (χ1n) is 5.45. The molecule has 0 heterocycles. The van der Waals surface area contributed by atoms with E-state index in [1.165, 1.54) is 0 Å². The van der Waals surface area contributed by atoms with Gasteiger partial charge < -0.3 is 0 Å². The van der Waals surface area contributed by atoms with Crippen molar-refractivity contribution < 1.29 is 0 Å². The summed E-state index contributed by atoms with van der Waals surface area (Å²) in [4.78, 5) is 1.85. The molecule has 14 heavy (non-hydrogen) atoms. The van der Waals surface area contributed by atoms with Crippen LogP contribution in [0.4, 0.5) is 0 Å². The Balaban J connectivity index is 5.26. The lowest BCUT2D eigenvalue weighted by atomic mass is 10.0. The zero-order valence-corrected chi connectivity index (χ0v) is 14.3. The van der Waals surface area contributed by atoms with Crippen LogP contribution in [0.3, 0.4) is 0 Å². The third kappa shape index (κ3) is 5.48. The Labute approximate surface area is 94.2 Å². The predicted molar refractivity (Wildman–Crippen MR) is 78.1 cm³/mol. The Kier molecular flexibility index (Phi) is 4.41. The van der Waals surface area contributed by atoms with Crippen LogP contribution in [0.2, 0.25) is 39.3 Å². The van der Waals surface area contributed by atoms with Crippen LogP contribution in [0.5, 0.6) is 0 Å². The quantitative estimate of drug-likeness (QED) is 0.482. The van der Waals surface area contributed by atoms with Gasteiger partial charge in [0.1, 0.15) is 7.74 Å². The summed E-state index contributed by atoms with van der Waals surface area (Å²) >= 11 is 0. The molecule has 0 N–H and O–H groups in total. The summed E-state index contributed by atoms with van der Waals surface area (Å²) in [7, 11) is -0.370. The van der Waals surface area contributed by atoms with Gasteiger partial charge in [-0.15, -0.1) is 7.75 Å². The first kappa shape index (κ1) is 14.6. The Bertz CT molecular complexity index is 207. The Hall–Kier alpha value is 0.604. The van der Waals surface area contributed by atoms with Crippen molar-refractivity contribution in [2.45, 2.75) is 60.1 Å². The molecule has 0 unspecified atom stereocenters. The minimum atomic E-state index is -1.09. The molecule has 0 atom stereocenters. The summed E-state index contributed by atoms with van der Waals surface area (Å²) < 4.78 is 0. The summed E-state index contributed by atoms with van der Waals surface area (Å²) in [5.74, 6) is 0. The van der Waals surface area contributed by atoms with Crippen molar-refractivity contribution in [2.75, 3.05) is 0 Å². The van der Waals surface area contributed by atoms with Gasteiger partial charge in [-0.1, -0.05) is 65.0 Å². The van der Waals surface area contributed by atoms with E-state index in [4.69, 9.17) is 0 Å². The molecular formula is C11H27PSi2. The van der Waals surface area contributed by atoms with Crippen LogP contribution in [0.25, 0.3) is 0 Å². The van der Waals surface area contributed by atoms with E-state index in [1.54, 1.807) is 7.75 Å². The highest BCUT2D eigenvalue weighted by Gasteiger charge is 2.31. The minimum absolute atomic E-state index is 0.409. The van der Waals surface area contributed by atoms with Gasteiger partial charge in [-0.25, -0.2) is 0 Å². The maximum atomic E-state index is 2.49. The molecule has 0 saturated heterocycles. The van der Waals surface area contributed by atoms with Crippen molar-refractivity contribution in [3.63, 3.8) is 0 Å². The van der Waals surface area contributed by atoms with Crippen molar-refractivity contribution in [3.05, 3.63) is 0 Å². The third-order valence-corrected chi connectivity index (χ3v) is 11.3. The second-order valence-electron chi connectivity index (χ2n) is 7.13. The fourth-order valence-electron chi connectivity index (χ4n) is 1.80. The lowest BCUT2D eigenvalue weighted by Gasteiger charge is -2.34. The lowest BCUT2D eigenvalue weighted by molar-refractivity contribution is 0.607. The van der Waals surface area contributed by atoms with E-state index in [0.29, 0.717) is 5.41 Å². The maximum Gasteiger partial charge on any atom is 0.102 e. The number of hydrogen-bond acceptors (Lipinski definition) is 0. The number of rotatable bonds is 2. The molecule has 0 aromatic heterocycles. The van der Waals surface area contributed by atoms with Gasteiger partial charge in [-0.05, 0) is 5.41 Å². The monoisotopic (exact) mass is 246 g/mol. The summed E-state index contributed by atoms with van der Waals surface area (Å²) in [5.41, 5.74) is 0.409. The standard InChI is InChI=1S/C11H27PSi2/c1-11(2,3)10(13(4,5)6)12-14(7,8)9/h1-9H3. The van der Waals surface area contributed by atoms with Crippen LogP contribution in [0.15, 0.2) is 0 Å². The van der Waals surface area contributed by atoms with Gasteiger partial charge in [-0.3, -0.25) is 0 Å². The second kappa shape index (κ2) is 4.23. The fourth-order valence-corrected chi connectivity index (χ4v) is 15.4. The van der Waals surface area contributed by atoms with Gasteiger partial charge in [0.25, 0.3) is 0 Å². The molecule has 0 radical (unpaired) electrons. The Morgan fingerprint density at radius 1 is 0.857 bits per heavy atom. The Morgan fingerprint density at radius 3 is 1.29 bits per heavy atom. The molecule has 0 aliphatic heterocycles. The topological polar surface area (TPSA) is 0 Å². The fraction of sp³-hybridized carbons (Fsp3) is 0.909. The number of hydrogen-bond donors (Lipinski definition) is 0. The SMILES string of the molecule is CC(C)(C)C(=P[Si](C)(C)C)[Si](C)(C)C. The van der Waals surface area contributed by atoms with E-state index in [-0.39, 0.29) is 0 Å². The molecule has 0 bridgehead atoms. The molecule has 0 aliphatic rings. The van der Waals surface area contributed by atoms with Gasteiger partial charge in [0, 0.05) is 0 Å².